The summed E-state index contributed by atoms with van der Waals surface area (Å²) in [6.07, 6.45) is 0. The first-order valence-electron chi connectivity index (χ1n) is 6.02. The molecule has 0 radical (unpaired) electrons. The van der Waals surface area contributed by atoms with Crippen molar-refractivity contribution in [1.29, 1.82) is 0 Å². The van der Waals surface area contributed by atoms with Crippen LogP contribution < -0.4 is 4.90 Å². The number of carboxylic acid groups (broad SMARTS) is 1. The van der Waals surface area contributed by atoms with Gasteiger partial charge in [-0.3, -0.25) is 10.1 Å². The Bertz CT molecular complexity index is 698. The SMILES string of the molecule is Cc1ncsc1CN(C)c1ccc(C(=O)O)c([N+](=O)[O-])c1. The Labute approximate surface area is 124 Å². The molecular formula is C13H13N3O4S. The lowest BCUT2D eigenvalue weighted by Crippen LogP contribution is -2.17. The molecule has 0 aliphatic carbocycles. The summed E-state index contributed by atoms with van der Waals surface area (Å²) in [5.41, 5.74) is 2.52. The number of aryl methyl sites for hydroxylation is 1. The molecule has 1 N–H and O–H groups in total. The fraction of sp³-hybridized carbons (Fsp3) is 0.231. The first kappa shape index (κ1) is 14.9. The Morgan fingerprint density at radius 2 is 2.24 bits per heavy atom. The molecule has 110 valence electrons. The number of aromatic nitrogens is 1. The average Bonchev–Trinajstić information content (AvgIpc) is 2.83. The minimum atomic E-state index is -1.31. The number of anilines is 1. The van der Waals surface area contributed by atoms with E-state index in [0.29, 0.717) is 12.2 Å². The van der Waals surface area contributed by atoms with E-state index in [2.05, 4.69) is 4.98 Å². The molecule has 8 heteroatoms. The second-order valence-corrected chi connectivity index (χ2v) is 5.42. The molecule has 21 heavy (non-hydrogen) atoms. The molecule has 7 nitrogen and oxygen atoms in total. The van der Waals surface area contributed by atoms with Crippen LogP contribution in [-0.4, -0.2) is 28.0 Å². The van der Waals surface area contributed by atoms with Gasteiger partial charge in [-0.2, -0.15) is 0 Å². The summed E-state index contributed by atoms with van der Waals surface area (Å²) < 4.78 is 0. The fourth-order valence-electron chi connectivity index (χ4n) is 1.87. The van der Waals surface area contributed by atoms with E-state index in [1.807, 2.05) is 11.8 Å². The second kappa shape index (κ2) is 5.88. The number of benzene rings is 1. The van der Waals surface area contributed by atoms with E-state index < -0.39 is 16.6 Å². The lowest BCUT2D eigenvalue weighted by molar-refractivity contribution is -0.385. The highest BCUT2D eigenvalue weighted by Crippen LogP contribution is 2.27. The van der Waals surface area contributed by atoms with Gasteiger partial charge in [-0.15, -0.1) is 11.3 Å². The highest BCUT2D eigenvalue weighted by atomic mass is 32.1. The predicted octanol–water partition coefficient (Wildman–Crippen LogP) is 2.69. The first-order chi connectivity index (χ1) is 9.90. The summed E-state index contributed by atoms with van der Waals surface area (Å²) in [6, 6.07) is 4.10. The van der Waals surface area contributed by atoms with Gasteiger partial charge in [0.25, 0.3) is 5.69 Å². The molecule has 0 unspecified atom stereocenters. The van der Waals surface area contributed by atoms with E-state index >= 15 is 0 Å². The lowest BCUT2D eigenvalue weighted by Gasteiger charge is -2.18. The standard InChI is InChI=1S/C13H13N3O4S/c1-8-12(21-7-14-8)6-15(2)9-3-4-10(13(17)18)11(5-9)16(19)20/h3-5,7H,6H2,1-2H3,(H,17,18). The van der Waals surface area contributed by atoms with Gasteiger partial charge in [-0.1, -0.05) is 0 Å². The van der Waals surface area contributed by atoms with E-state index in [4.69, 9.17) is 5.11 Å². The van der Waals surface area contributed by atoms with Crippen LogP contribution in [0.1, 0.15) is 20.9 Å². The number of hydrogen-bond donors (Lipinski definition) is 1. The van der Waals surface area contributed by atoms with Gasteiger partial charge in [-0.05, 0) is 19.1 Å². The van der Waals surface area contributed by atoms with Crippen molar-refractivity contribution in [2.45, 2.75) is 13.5 Å². The van der Waals surface area contributed by atoms with E-state index in [1.165, 1.54) is 23.5 Å². The van der Waals surface area contributed by atoms with Crippen molar-refractivity contribution >= 4 is 28.7 Å². The van der Waals surface area contributed by atoms with Gasteiger partial charge in [0.1, 0.15) is 5.56 Å². The van der Waals surface area contributed by atoms with E-state index in [0.717, 1.165) is 10.6 Å². The number of nitro benzene ring substituents is 1. The van der Waals surface area contributed by atoms with Crippen LogP contribution in [0.4, 0.5) is 11.4 Å². The van der Waals surface area contributed by atoms with Crippen molar-refractivity contribution in [3.05, 3.63) is 50.0 Å². The molecule has 0 spiro atoms. The van der Waals surface area contributed by atoms with Gasteiger partial charge in [-0.25, -0.2) is 9.78 Å². The van der Waals surface area contributed by atoms with Gasteiger partial charge < -0.3 is 10.0 Å². The molecule has 2 rings (SSSR count). The van der Waals surface area contributed by atoms with Gasteiger partial charge in [0.2, 0.25) is 0 Å². The van der Waals surface area contributed by atoms with Gasteiger partial charge in [0.15, 0.2) is 0 Å². The van der Waals surface area contributed by atoms with Crippen molar-refractivity contribution in [3.63, 3.8) is 0 Å². The van der Waals surface area contributed by atoms with Crippen LogP contribution in [0.2, 0.25) is 0 Å². The third-order valence-corrected chi connectivity index (χ3v) is 3.99. The third kappa shape index (κ3) is 3.16. The number of aromatic carboxylic acids is 1. The summed E-state index contributed by atoms with van der Waals surface area (Å²) in [4.78, 5) is 28.3. The van der Waals surface area contributed by atoms with E-state index in [-0.39, 0.29) is 5.56 Å². The average molecular weight is 307 g/mol. The zero-order valence-electron chi connectivity index (χ0n) is 11.4. The van der Waals surface area contributed by atoms with Crippen molar-refractivity contribution in [1.82, 2.24) is 4.98 Å². The number of thiazole rings is 1. The molecule has 0 saturated heterocycles. The topological polar surface area (TPSA) is 96.6 Å². The first-order valence-corrected chi connectivity index (χ1v) is 6.90. The number of rotatable bonds is 5. The Kier molecular flexibility index (Phi) is 4.18. The van der Waals surface area contributed by atoms with Crippen molar-refractivity contribution in [2.24, 2.45) is 0 Å². The summed E-state index contributed by atoms with van der Waals surface area (Å²) >= 11 is 1.51. The molecule has 0 saturated carbocycles. The Morgan fingerprint density at radius 3 is 2.76 bits per heavy atom. The van der Waals surface area contributed by atoms with Crippen LogP contribution in [0.15, 0.2) is 23.7 Å². The van der Waals surface area contributed by atoms with Crippen LogP contribution in [0.25, 0.3) is 0 Å². The largest absolute Gasteiger partial charge is 0.477 e. The molecule has 2 aromatic rings. The van der Waals surface area contributed by atoms with Gasteiger partial charge in [0.05, 0.1) is 22.7 Å². The maximum absolute atomic E-state index is 11.0. The Morgan fingerprint density at radius 1 is 1.52 bits per heavy atom. The highest BCUT2D eigenvalue weighted by Gasteiger charge is 2.21. The predicted molar refractivity (Wildman–Crippen MR) is 79.0 cm³/mol. The number of carbonyl (C=O) groups is 1. The molecule has 1 aromatic heterocycles. The number of nitro groups is 1. The molecule has 0 atom stereocenters. The van der Waals surface area contributed by atoms with Crippen molar-refractivity contribution < 1.29 is 14.8 Å². The number of carboxylic acids is 1. The quantitative estimate of drug-likeness (QED) is 0.674. The van der Waals surface area contributed by atoms with Crippen LogP contribution in [0, 0.1) is 17.0 Å². The minimum Gasteiger partial charge on any atom is -0.477 e. The molecule has 0 bridgehead atoms. The van der Waals surface area contributed by atoms with Gasteiger partial charge >= 0.3 is 5.97 Å². The number of hydrogen-bond acceptors (Lipinski definition) is 6. The Hall–Kier alpha value is -2.48. The summed E-state index contributed by atoms with van der Waals surface area (Å²) in [6.45, 7) is 2.45. The fourth-order valence-corrected chi connectivity index (χ4v) is 2.70. The maximum atomic E-state index is 11.0. The molecule has 0 aliphatic rings. The molecular weight excluding hydrogens is 294 g/mol. The van der Waals surface area contributed by atoms with E-state index in [9.17, 15) is 14.9 Å². The molecule has 0 aliphatic heterocycles. The molecule has 1 heterocycles. The van der Waals surface area contributed by atoms with Crippen LogP contribution in [0.5, 0.6) is 0 Å². The number of nitrogens with zero attached hydrogens (tertiary/aromatic N) is 3. The maximum Gasteiger partial charge on any atom is 0.342 e. The zero-order chi connectivity index (χ0) is 15.6. The molecule has 1 aromatic carbocycles. The highest BCUT2D eigenvalue weighted by molar-refractivity contribution is 7.09. The second-order valence-electron chi connectivity index (χ2n) is 4.48. The summed E-state index contributed by atoms with van der Waals surface area (Å²) in [5, 5.41) is 20.0. The summed E-state index contributed by atoms with van der Waals surface area (Å²) in [5.74, 6) is -1.31. The normalized spacial score (nSPS) is 10.4. The molecule has 0 amide bonds. The van der Waals surface area contributed by atoms with Gasteiger partial charge in [0, 0.05) is 23.7 Å². The minimum absolute atomic E-state index is 0.314. The zero-order valence-corrected chi connectivity index (χ0v) is 12.3. The van der Waals surface area contributed by atoms with Crippen molar-refractivity contribution in [2.75, 3.05) is 11.9 Å². The third-order valence-electron chi connectivity index (χ3n) is 3.07. The van der Waals surface area contributed by atoms with Crippen LogP contribution >= 0.6 is 11.3 Å². The lowest BCUT2D eigenvalue weighted by atomic mass is 10.1. The summed E-state index contributed by atoms with van der Waals surface area (Å²) in [7, 11) is 1.79. The van der Waals surface area contributed by atoms with E-state index in [1.54, 1.807) is 18.6 Å². The molecule has 0 fully saturated rings. The smallest absolute Gasteiger partial charge is 0.342 e. The van der Waals surface area contributed by atoms with Crippen molar-refractivity contribution in [3.8, 4) is 0 Å². The Balaban J connectivity index is 2.32. The van der Waals surface area contributed by atoms with Crippen LogP contribution in [0.3, 0.4) is 0 Å². The monoisotopic (exact) mass is 307 g/mol. The van der Waals surface area contributed by atoms with Crippen LogP contribution in [-0.2, 0) is 6.54 Å².